The standard InChI is InChI=1S/C23H20N2O3/c1-25(20-13-7-8-14-21(20)28-16-9-3-2-4-10-16)23(27)18-15-22(26)24-19-12-6-5-11-17(18)19/h2-14,18H,15H2,1H3,(H,24,26). The molecule has 1 N–H and O–H groups in total. The van der Waals surface area contributed by atoms with Gasteiger partial charge in [0.05, 0.1) is 11.6 Å². The average molecular weight is 372 g/mol. The molecule has 1 atom stereocenters. The van der Waals surface area contributed by atoms with Crippen molar-refractivity contribution < 1.29 is 14.3 Å². The third-order valence-electron chi connectivity index (χ3n) is 4.83. The van der Waals surface area contributed by atoms with Gasteiger partial charge in [-0.1, -0.05) is 48.5 Å². The largest absolute Gasteiger partial charge is 0.455 e. The molecule has 0 fully saturated rings. The van der Waals surface area contributed by atoms with Crippen LogP contribution in [0.2, 0.25) is 0 Å². The average Bonchev–Trinajstić information content (AvgIpc) is 2.73. The van der Waals surface area contributed by atoms with Gasteiger partial charge in [-0.15, -0.1) is 0 Å². The first-order valence-electron chi connectivity index (χ1n) is 9.12. The molecule has 1 aliphatic heterocycles. The van der Waals surface area contributed by atoms with Crippen LogP contribution in [-0.2, 0) is 9.59 Å². The topological polar surface area (TPSA) is 58.6 Å². The molecule has 0 aromatic heterocycles. The number of para-hydroxylation sites is 4. The minimum atomic E-state index is -0.528. The molecule has 0 radical (unpaired) electrons. The summed E-state index contributed by atoms with van der Waals surface area (Å²) in [5.74, 6) is 0.446. The number of hydrogen-bond acceptors (Lipinski definition) is 3. The van der Waals surface area contributed by atoms with Crippen molar-refractivity contribution in [3.63, 3.8) is 0 Å². The SMILES string of the molecule is CN(C(=O)C1CC(=O)Nc2ccccc21)c1ccccc1Oc1ccccc1. The Hall–Kier alpha value is -3.60. The first kappa shape index (κ1) is 17.8. The second-order valence-electron chi connectivity index (χ2n) is 6.67. The number of carbonyl (C=O) groups excluding carboxylic acids is 2. The smallest absolute Gasteiger partial charge is 0.234 e. The minimum absolute atomic E-state index is 0.127. The first-order chi connectivity index (χ1) is 13.6. The van der Waals surface area contributed by atoms with Crippen molar-refractivity contribution in [1.82, 2.24) is 0 Å². The van der Waals surface area contributed by atoms with Gasteiger partial charge in [0.2, 0.25) is 11.8 Å². The number of benzene rings is 3. The highest BCUT2D eigenvalue weighted by Crippen LogP contribution is 2.37. The van der Waals surface area contributed by atoms with E-state index in [-0.39, 0.29) is 18.2 Å². The third kappa shape index (κ3) is 3.47. The molecule has 0 spiro atoms. The van der Waals surface area contributed by atoms with Gasteiger partial charge in [-0.2, -0.15) is 0 Å². The molecule has 140 valence electrons. The number of amides is 2. The number of fused-ring (bicyclic) bond motifs is 1. The summed E-state index contributed by atoms with van der Waals surface area (Å²) in [7, 11) is 1.71. The summed E-state index contributed by atoms with van der Waals surface area (Å²) < 4.78 is 5.99. The van der Waals surface area contributed by atoms with Gasteiger partial charge < -0.3 is 15.0 Å². The molecule has 0 aliphatic carbocycles. The van der Waals surface area contributed by atoms with E-state index in [1.165, 1.54) is 0 Å². The summed E-state index contributed by atoms with van der Waals surface area (Å²) in [5.41, 5.74) is 2.18. The van der Waals surface area contributed by atoms with Crippen LogP contribution in [-0.4, -0.2) is 18.9 Å². The molecule has 0 saturated carbocycles. The molecule has 4 rings (SSSR count). The lowest BCUT2D eigenvalue weighted by molar-refractivity contribution is -0.124. The Bertz CT molecular complexity index is 1020. The number of likely N-dealkylation sites (N-methyl/N-ethyl adjacent to an activating group) is 1. The van der Waals surface area contributed by atoms with E-state index in [0.29, 0.717) is 22.9 Å². The fourth-order valence-electron chi connectivity index (χ4n) is 3.42. The van der Waals surface area contributed by atoms with Gasteiger partial charge in [0.25, 0.3) is 0 Å². The van der Waals surface area contributed by atoms with Crippen molar-refractivity contribution >= 4 is 23.2 Å². The van der Waals surface area contributed by atoms with E-state index in [1.807, 2.05) is 78.9 Å². The lowest BCUT2D eigenvalue weighted by Crippen LogP contribution is -2.36. The van der Waals surface area contributed by atoms with Gasteiger partial charge in [-0.3, -0.25) is 9.59 Å². The fourth-order valence-corrected chi connectivity index (χ4v) is 3.42. The molecule has 5 nitrogen and oxygen atoms in total. The molecular formula is C23H20N2O3. The van der Waals surface area contributed by atoms with E-state index in [0.717, 1.165) is 5.56 Å². The van der Waals surface area contributed by atoms with E-state index >= 15 is 0 Å². The fraction of sp³-hybridized carbons (Fsp3) is 0.130. The number of nitrogens with zero attached hydrogens (tertiary/aromatic N) is 1. The number of hydrogen-bond donors (Lipinski definition) is 1. The lowest BCUT2D eigenvalue weighted by atomic mass is 9.89. The predicted molar refractivity (Wildman–Crippen MR) is 109 cm³/mol. The summed E-state index contributed by atoms with van der Waals surface area (Å²) in [6, 6.07) is 24.2. The molecule has 5 heteroatoms. The van der Waals surface area contributed by atoms with Crippen LogP contribution in [0.3, 0.4) is 0 Å². The molecule has 1 unspecified atom stereocenters. The lowest BCUT2D eigenvalue weighted by Gasteiger charge is -2.29. The Balaban J connectivity index is 1.64. The summed E-state index contributed by atoms with van der Waals surface area (Å²) >= 11 is 0. The highest BCUT2D eigenvalue weighted by molar-refractivity contribution is 6.06. The third-order valence-corrected chi connectivity index (χ3v) is 4.83. The molecule has 1 heterocycles. The second kappa shape index (κ2) is 7.56. The van der Waals surface area contributed by atoms with Gasteiger partial charge in [0, 0.05) is 19.2 Å². The van der Waals surface area contributed by atoms with Gasteiger partial charge >= 0.3 is 0 Å². The maximum Gasteiger partial charge on any atom is 0.234 e. The van der Waals surface area contributed by atoms with E-state index in [1.54, 1.807) is 11.9 Å². The zero-order valence-corrected chi connectivity index (χ0v) is 15.5. The Morgan fingerprint density at radius 1 is 0.964 bits per heavy atom. The molecule has 2 amide bonds. The summed E-state index contributed by atoms with van der Waals surface area (Å²) in [4.78, 5) is 27.0. The van der Waals surface area contributed by atoms with E-state index in [4.69, 9.17) is 4.74 Å². The first-order valence-corrected chi connectivity index (χ1v) is 9.12. The van der Waals surface area contributed by atoms with Crippen molar-refractivity contribution in [2.75, 3.05) is 17.3 Å². The quantitative estimate of drug-likeness (QED) is 0.730. The molecular weight excluding hydrogens is 352 g/mol. The van der Waals surface area contributed by atoms with Gasteiger partial charge in [-0.05, 0) is 35.9 Å². The Morgan fingerprint density at radius 3 is 2.46 bits per heavy atom. The van der Waals surface area contributed by atoms with Crippen LogP contribution >= 0.6 is 0 Å². The van der Waals surface area contributed by atoms with Crippen molar-refractivity contribution in [2.24, 2.45) is 0 Å². The maximum atomic E-state index is 13.3. The van der Waals surface area contributed by atoms with Gasteiger partial charge in [0.15, 0.2) is 5.75 Å². The van der Waals surface area contributed by atoms with Crippen LogP contribution < -0.4 is 15.0 Å². The maximum absolute atomic E-state index is 13.3. The van der Waals surface area contributed by atoms with E-state index in [9.17, 15) is 9.59 Å². The van der Waals surface area contributed by atoms with Crippen LogP contribution in [0.5, 0.6) is 11.5 Å². The van der Waals surface area contributed by atoms with Crippen LogP contribution in [0, 0.1) is 0 Å². The number of rotatable bonds is 4. The molecule has 0 saturated heterocycles. The van der Waals surface area contributed by atoms with Crippen molar-refractivity contribution in [3.8, 4) is 11.5 Å². The number of anilines is 2. The Kier molecular flexibility index (Phi) is 4.81. The second-order valence-corrected chi connectivity index (χ2v) is 6.67. The summed E-state index contributed by atoms with van der Waals surface area (Å²) in [5, 5.41) is 2.83. The van der Waals surface area contributed by atoms with Crippen molar-refractivity contribution in [1.29, 1.82) is 0 Å². The molecule has 3 aromatic carbocycles. The zero-order valence-electron chi connectivity index (χ0n) is 15.5. The monoisotopic (exact) mass is 372 g/mol. The number of ether oxygens (including phenoxy) is 1. The molecule has 28 heavy (non-hydrogen) atoms. The Labute approximate surface area is 163 Å². The van der Waals surface area contributed by atoms with Crippen LogP contribution in [0.15, 0.2) is 78.9 Å². The highest BCUT2D eigenvalue weighted by atomic mass is 16.5. The number of nitrogens with one attached hydrogen (secondary N) is 1. The van der Waals surface area contributed by atoms with Crippen molar-refractivity contribution in [3.05, 3.63) is 84.4 Å². The molecule has 0 bridgehead atoms. The molecule has 1 aliphatic rings. The normalized spacial score (nSPS) is 15.3. The van der Waals surface area contributed by atoms with Crippen LogP contribution in [0.1, 0.15) is 17.9 Å². The number of carbonyl (C=O) groups is 2. The Morgan fingerprint density at radius 2 is 1.64 bits per heavy atom. The highest BCUT2D eigenvalue weighted by Gasteiger charge is 2.33. The van der Waals surface area contributed by atoms with E-state index < -0.39 is 5.92 Å². The van der Waals surface area contributed by atoms with Crippen LogP contribution in [0.4, 0.5) is 11.4 Å². The summed E-state index contributed by atoms with van der Waals surface area (Å²) in [6.45, 7) is 0. The van der Waals surface area contributed by atoms with Gasteiger partial charge in [0.1, 0.15) is 5.75 Å². The predicted octanol–water partition coefficient (Wildman–Crippen LogP) is 4.57. The van der Waals surface area contributed by atoms with Crippen molar-refractivity contribution in [2.45, 2.75) is 12.3 Å². The minimum Gasteiger partial charge on any atom is -0.455 e. The van der Waals surface area contributed by atoms with Gasteiger partial charge in [-0.25, -0.2) is 0 Å². The molecule has 3 aromatic rings. The van der Waals surface area contributed by atoms with Crippen LogP contribution in [0.25, 0.3) is 0 Å². The summed E-state index contributed by atoms with van der Waals surface area (Å²) in [6.07, 6.45) is 0.127. The van der Waals surface area contributed by atoms with E-state index in [2.05, 4.69) is 5.32 Å². The zero-order chi connectivity index (χ0) is 19.5.